The van der Waals surface area contributed by atoms with Crippen molar-refractivity contribution in [1.29, 1.82) is 0 Å². The number of halogens is 3. The van der Waals surface area contributed by atoms with Gasteiger partial charge < -0.3 is 9.97 Å². The molecule has 2 aromatic heterocycles. The van der Waals surface area contributed by atoms with Gasteiger partial charge in [0.2, 0.25) is 0 Å². The van der Waals surface area contributed by atoms with Crippen LogP contribution in [-0.4, -0.2) is 9.97 Å². The molecular weight excluding hydrogens is 614 g/mol. The van der Waals surface area contributed by atoms with E-state index in [1.807, 2.05) is 72.8 Å². The fourth-order valence-electron chi connectivity index (χ4n) is 3.18. The molecular formula is C28H17F3IrN2-2. The number of rotatable bonds is 3. The Labute approximate surface area is 209 Å². The summed E-state index contributed by atoms with van der Waals surface area (Å²) in [5.41, 5.74) is 3.47. The smallest absolute Gasteiger partial charge is 0.0756 e. The van der Waals surface area contributed by atoms with E-state index in [1.54, 1.807) is 18.3 Å². The number of aromatic nitrogens is 2. The van der Waals surface area contributed by atoms with Gasteiger partial charge in [0.1, 0.15) is 0 Å². The van der Waals surface area contributed by atoms with E-state index < -0.39 is 17.5 Å². The largest absolute Gasteiger partial charge is 0.305 e. The van der Waals surface area contributed by atoms with E-state index in [2.05, 4.69) is 22.1 Å². The molecule has 0 aliphatic carbocycles. The van der Waals surface area contributed by atoms with Crippen LogP contribution in [0.4, 0.5) is 13.2 Å². The second kappa shape index (κ2) is 12.0. The van der Waals surface area contributed by atoms with Crippen molar-refractivity contribution in [2.75, 3.05) is 0 Å². The number of benzene rings is 3. The molecule has 5 rings (SSSR count). The summed E-state index contributed by atoms with van der Waals surface area (Å²) >= 11 is 0. The first-order chi connectivity index (χ1) is 16.1. The molecule has 0 atom stereocenters. The van der Waals surface area contributed by atoms with E-state index in [-0.39, 0.29) is 31.4 Å². The first kappa shape index (κ1) is 25.0. The fraction of sp³-hybridized carbons (Fsp3) is 0. The summed E-state index contributed by atoms with van der Waals surface area (Å²) in [6, 6.07) is 32.0. The maximum Gasteiger partial charge on any atom is 0.0756 e. The van der Waals surface area contributed by atoms with E-state index in [0.29, 0.717) is 11.6 Å². The van der Waals surface area contributed by atoms with E-state index in [0.717, 1.165) is 16.8 Å². The van der Waals surface area contributed by atoms with Crippen LogP contribution in [0.15, 0.2) is 103 Å². The van der Waals surface area contributed by atoms with Gasteiger partial charge in [-0.05, 0) is 34.6 Å². The average molecular weight is 631 g/mol. The Bertz CT molecular complexity index is 1290. The Morgan fingerprint density at radius 3 is 2.12 bits per heavy atom. The van der Waals surface area contributed by atoms with Crippen LogP contribution in [0, 0.1) is 29.6 Å². The Hall–Kier alpha value is -3.60. The second-order valence-electron chi connectivity index (χ2n) is 6.91. The zero-order valence-corrected chi connectivity index (χ0v) is 20.1. The monoisotopic (exact) mass is 631 g/mol. The SMILES string of the molecule is Fc1[c-]c(-c2ncccc2-c2ccccc2)c(F)cc1F.[Ir].[c-]1ccccc1-c1ccccn1. The molecule has 34 heavy (non-hydrogen) atoms. The van der Waals surface area contributed by atoms with Gasteiger partial charge in [0.05, 0.1) is 11.6 Å². The molecule has 0 fully saturated rings. The first-order valence-electron chi connectivity index (χ1n) is 10.1. The van der Waals surface area contributed by atoms with Gasteiger partial charge in [0, 0.05) is 38.3 Å². The average Bonchev–Trinajstić information content (AvgIpc) is 2.88. The van der Waals surface area contributed by atoms with Crippen molar-refractivity contribution in [1.82, 2.24) is 9.97 Å². The molecule has 171 valence electrons. The van der Waals surface area contributed by atoms with E-state index in [4.69, 9.17) is 0 Å². The third kappa shape index (κ3) is 6.04. The molecule has 0 saturated carbocycles. The van der Waals surface area contributed by atoms with Crippen LogP contribution >= 0.6 is 0 Å². The van der Waals surface area contributed by atoms with Gasteiger partial charge in [-0.1, -0.05) is 66.2 Å². The molecule has 0 unspecified atom stereocenters. The minimum atomic E-state index is -1.27. The molecule has 0 aliphatic heterocycles. The Morgan fingerprint density at radius 1 is 0.676 bits per heavy atom. The van der Waals surface area contributed by atoms with Gasteiger partial charge in [-0.3, -0.25) is 8.78 Å². The predicted octanol–water partition coefficient (Wildman–Crippen LogP) is 7.18. The molecule has 0 aliphatic rings. The van der Waals surface area contributed by atoms with Gasteiger partial charge in [-0.2, -0.15) is 0 Å². The molecule has 0 saturated heterocycles. The first-order valence-corrected chi connectivity index (χ1v) is 10.1. The van der Waals surface area contributed by atoms with Gasteiger partial charge in [0.25, 0.3) is 0 Å². The van der Waals surface area contributed by atoms with Crippen LogP contribution in [0.1, 0.15) is 0 Å². The maximum atomic E-state index is 13.9. The summed E-state index contributed by atoms with van der Waals surface area (Å²) < 4.78 is 40.3. The molecule has 0 bridgehead atoms. The van der Waals surface area contributed by atoms with Crippen molar-refractivity contribution in [3.63, 3.8) is 0 Å². The molecule has 0 N–H and O–H groups in total. The Kier molecular flexibility index (Phi) is 8.86. The zero-order valence-electron chi connectivity index (χ0n) is 17.7. The molecule has 2 heterocycles. The fourth-order valence-corrected chi connectivity index (χ4v) is 3.18. The van der Waals surface area contributed by atoms with Crippen molar-refractivity contribution in [3.05, 3.63) is 133 Å². The molecule has 6 heteroatoms. The summed E-state index contributed by atoms with van der Waals surface area (Å²) in [6.07, 6.45) is 3.26. The van der Waals surface area contributed by atoms with E-state index >= 15 is 0 Å². The van der Waals surface area contributed by atoms with Gasteiger partial charge in [0.15, 0.2) is 0 Å². The third-order valence-corrected chi connectivity index (χ3v) is 4.72. The van der Waals surface area contributed by atoms with Crippen molar-refractivity contribution >= 4 is 0 Å². The van der Waals surface area contributed by atoms with Crippen molar-refractivity contribution in [2.24, 2.45) is 0 Å². The molecule has 0 spiro atoms. The van der Waals surface area contributed by atoms with Crippen molar-refractivity contribution in [3.8, 4) is 33.6 Å². The maximum absolute atomic E-state index is 13.9. The van der Waals surface area contributed by atoms with Crippen LogP contribution in [-0.2, 0) is 20.1 Å². The molecule has 2 nitrogen and oxygen atoms in total. The van der Waals surface area contributed by atoms with Gasteiger partial charge in [-0.25, -0.2) is 4.39 Å². The number of hydrogen-bond acceptors (Lipinski definition) is 2. The standard InChI is InChI=1S/C17H9F3N.C11H8N.Ir/c18-14-10-16(20)15(19)9-13(14)17-12(7-4-8-21-17)11-5-2-1-3-6-11;1-2-6-10(7-3-1)11-8-4-5-9-12-11;/h1-8,10H;1-6,8-9H;/q2*-1;. The predicted molar refractivity (Wildman–Crippen MR) is 122 cm³/mol. The number of pyridine rings is 2. The Balaban J connectivity index is 0.000000212. The van der Waals surface area contributed by atoms with Crippen LogP contribution in [0.2, 0.25) is 0 Å². The molecule has 0 amide bonds. The van der Waals surface area contributed by atoms with Crippen molar-refractivity contribution < 1.29 is 33.3 Å². The minimum Gasteiger partial charge on any atom is -0.305 e. The van der Waals surface area contributed by atoms with E-state index in [1.165, 1.54) is 6.20 Å². The normalized spacial score (nSPS) is 9.97. The summed E-state index contributed by atoms with van der Waals surface area (Å²) in [5.74, 6) is -3.39. The van der Waals surface area contributed by atoms with Crippen LogP contribution in [0.25, 0.3) is 33.6 Å². The van der Waals surface area contributed by atoms with Crippen LogP contribution < -0.4 is 0 Å². The summed E-state index contributed by atoms with van der Waals surface area (Å²) in [4.78, 5) is 8.31. The van der Waals surface area contributed by atoms with Crippen LogP contribution in [0.3, 0.4) is 0 Å². The molecule has 1 radical (unpaired) electrons. The van der Waals surface area contributed by atoms with Crippen LogP contribution in [0.5, 0.6) is 0 Å². The Morgan fingerprint density at radius 2 is 1.41 bits per heavy atom. The quantitative estimate of drug-likeness (QED) is 0.156. The summed E-state index contributed by atoms with van der Waals surface area (Å²) in [6.45, 7) is 0. The molecule has 5 aromatic rings. The second-order valence-corrected chi connectivity index (χ2v) is 6.91. The topological polar surface area (TPSA) is 25.8 Å². The molecule has 3 aromatic carbocycles. The number of nitrogens with zero attached hydrogens (tertiary/aromatic N) is 2. The van der Waals surface area contributed by atoms with Gasteiger partial charge >= 0.3 is 0 Å². The van der Waals surface area contributed by atoms with E-state index in [9.17, 15) is 13.2 Å². The summed E-state index contributed by atoms with van der Waals surface area (Å²) in [7, 11) is 0. The van der Waals surface area contributed by atoms with Crippen molar-refractivity contribution in [2.45, 2.75) is 0 Å². The number of hydrogen-bond donors (Lipinski definition) is 0. The van der Waals surface area contributed by atoms with Gasteiger partial charge in [-0.15, -0.1) is 35.9 Å². The summed E-state index contributed by atoms with van der Waals surface area (Å²) in [5, 5.41) is 0. The third-order valence-electron chi connectivity index (χ3n) is 4.72. The zero-order chi connectivity index (χ0) is 23.0. The minimum absolute atomic E-state index is 0.